The maximum atomic E-state index is 13.6. The fraction of sp³-hybridized carbons (Fsp3) is 0.655. The lowest BCUT2D eigenvalue weighted by atomic mass is 9.85. The van der Waals surface area contributed by atoms with Crippen LogP contribution in [0.15, 0.2) is 24.7 Å². The van der Waals surface area contributed by atoms with Crippen LogP contribution in [-0.2, 0) is 19.8 Å². The quantitative estimate of drug-likeness (QED) is 0.439. The lowest BCUT2D eigenvalue weighted by molar-refractivity contribution is -0.142. The SMILES string of the molecule is COC[C@H](C)Nc1ncc2c(-c3cnn(C(C)(C)C(=O)N4CCC5(COC5)C4)c3)cc(C3CCC(O)CC3)n2n1. The number of aromatic nitrogens is 5. The fourth-order valence-corrected chi connectivity index (χ4v) is 6.47. The molecule has 3 aromatic rings. The number of hydrogen-bond acceptors (Lipinski definition) is 8. The molecule has 11 nitrogen and oxygen atoms in total. The summed E-state index contributed by atoms with van der Waals surface area (Å²) >= 11 is 0. The monoisotopic (exact) mass is 551 g/mol. The van der Waals surface area contributed by atoms with E-state index in [1.807, 2.05) is 48.8 Å². The first kappa shape index (κ1) is 27.2. The first-order valence-corrected chi connectivity index (χ1v) is 14.4. The van der Waals surface area contributed by atoms with Gasteiger partial charge in [0.1, 0.15) is 5.54 Å². The molecule has 2 aliphatic heterocycles. The number of methoxy groups -OCH3 is 1. The fourth-order valence-electron chi connectivity index (χ4n) is 6.47. The number of carbonyl (C=O) groups excluding carboxylic acids is 1. The molecular formula is C29H41N7O4. The molecule has 3 fully saturated rings. The summed E-state index contributed by atoms with van der Waals surface area (Å²) in [6.45, 7) is 9.46. The summed E-state index contributed by atoms with van der Waals surface area (Å²) in [6, 6.07) is 2.25. The van der Waals surface area contributed by atoms with Crippen LogP contribution in [-0.4, -0.2) is 92.5 Å². The second-order valence-electron chi connectivity index (χ2n) is 12.6. The Balaban J connectivity index is 1.31. The molecule has 2 saturated heterocycles. The van der Waals surface area contributed by atoms with E-state index >= 15 is 0 Å². The molecule has 0 radical (unpaired) electrons. The summed E-state index contributed by atoms with van der Waals surface area (Å²) in [5, 5.41) is 23.0. The number of ether oxygens (including phenoxy) is 2. The van der Waals surface area contributed by atoms with Gasteiger partial charge in [-0.25, -0.2) is 9.50 Å². The van der Waals surface area contributed by atoms with Gasteiger partial charge in [0.25, 0.3) is 0 Å². The van der Waals surface area contributed by atoms with Gasteiger partial charge in [-0.3, -0.25) is 9.48 Å². The van der Waals surface area contributed by atoms with Crippen molar-refractivity contribution < 1.29 is 19.4 Å². The second kappa shape index (κ2) is 10.4. The molecule has 1 atom stereocenters. The molecule has 0 aromatic carbocycles. The van der Waals surface area contributed by atoms with Crippen LogP contribution in [0.5, 0.6) is 0 Å². The van der Waals surface area contributed by atoms with Crippen LogP contribution in [0.4, 0.5) is 5.95 Å². The summed E-state index contributed by atoms with van der Waals surface area (Å²) in [4.78, 5) is 20.2. The predicted octanol–water partition coefficient (Wildman–Crippen LogP) is 3.04. The first-order valence-electron chi connectivity index (χ1n) is 14.4. The highest BCUT2D eigenvalue weighted by atomic mass is 16.5. The van der Waals surface area contributed by atoms with Gasteiger partial charge in [-0.1, -0.05) is 0 Å². The van der Waals surface area contributed by atoms with Crippen molar-refractivity contribution in [3.8, 4) is 11.1 Å². The highest BCUT2D eigenvalue weighted by molar-refractivity contribution is 5.85. The average Bonchev–Trinajstić information content (AvgIpc) is 3.66. The highest BCUT2D eigenvalue weighted by Crippen LogP contribution is 2.40. The smallest absolute Gasteiger partial charge is 0.249 e. The van der Waals surface area contributed by atoms with Crippen LogP contribution in [0.3, 0.4) is 0 Å². The van der Waals surface area contributed by atoms with Crippen molar-refractivity contribution in [1.29, 1.82) is 0 Å². The number of aliphatic hydroxyl groups excluding tert-OH is 1. The van der Waals surface area contributed by atoms with E-state index in [0.717, 1.165) is 80.7 Å². The largest absolute Gasteiger partial charge is 0.393 e. The molecule has 216 valence electrons. The van der Waals surface area contributed by atoms with E-state index in [1.165, 1.54) is 0 Å². The minimum atomic E-state index is -0.822. The van der Waals surface area contributed by atoms with Crippen LogP contribution >= 0.6 is 0 Å². The average molecular weight is 552 g/mol. The third-order valence-electron chi connectivity index (χ3n) is 8.98. The number of rotatable bonds is 8. The molecule has 3 aromatic heterocycles. The van der Waals surface area contributed by atoms with Crippen molar-refractivity contribution in [2.75, 3.05) is 45.3 Å². The normalized spacial score (nSPS) is 23.5. The van der Waals surface area contributed by atoms with Gasteiger partial charge in [-0.15, -0.1) is 5.10 Å². The highest BCUT2D eigenvalue weighted by Gasteiger charge is 2.48. The Kier molecular flexibility index (Phi) is 7.08. The molecule has 1 amide bonds. The zero-order valence-electron chi connectivity index (χ0n) is 24.0. The van der Waals surface area contributed by atoms with Crippen LogP contribution in [0.25, 0.3) is 16.6 Å². The number of nitrogens with one attached hydrogen (secondary N) is 1. The first-order chi connectivity index (χ1) is 19.2. The van der Waals surface area contributed by atoms with Gasteiger partial charge < -0.3 is 24.8 Å². The molecule has 0 unspecified atom stereocenters. The van der Waals surface area contributed by atoms with Gasteiger partial charge in [-0.05, 0) is 58.9 Å². The summed E-state index contributed by atoms with van der Waals surface area (Å²) < 4.78 is 14.5. The predicted molar refractivity (Wildman–Crippen MR) is 150 cm³/mol. The summed E-state index contributed by atoms with van der Waals surface area (Å²) in [5.74, 6) is 0.909. The van der Waals surface area contributed by atoms with Gasteiger partial charge in [0, 0.05) is 60.6 Å². The molecule has 3 aliphatic rings. The van der Waals surface area contributed by atoms with Crippen molar-refractivity contribution >= 4 is 17.4 Å². The van der Waals surface area contributed by atoms with Crippen molar-refractivity contribution in [2.45, 2.75) is 76.5 Å². The van der Waals surface area contributed by atoms with Crippen molar-refractivity contribution in [3.63, 3.8) is 0 Å². The van der Waals surface area contributed by atoms with E-state index < -0.39 is 5.54 Å². The molecule has 6 rings (SSSR count). The number of likely N-dealkylation sites (tertiary alicyclic amines) is 1. The number of amides is 1. The maximum absolute atomic E-state index is 13.6. The van der Waals surface area contributed by atoms with E-state index in [4.69, 9.17) is 14.6 Å². The number of carbonyl (C=O) groups is 1. The Morgan fingerprint density at radius 2 is 2.05 bits per heavy atom. The van der Waals surface area contributed by atoms with E-state index in [2.05, 4.69) is 21.5 Å². The van der Waals surface area contributed by atoms with Crippen LogP contribution in [0.1, 0.15) is 64.5 Å². The van der Waals surface area contributed by atoms with Gasteiger partial charge in [0.2, 0.25) is 11.9 Å². The van der Waals surface area contributed by atoms with Crippen LogP contribution in [0.2, 0.25) is 0 Å². The number of nitrogens with zero attached hydrogens (tertiary/aromatic N) is 6. The number of hydrogen-bond donors (Lipinski definition) is 2. The Hall–Kier alpha value is -3.02. The number of fused-ring (bicyclic) bond motifs is 1. The third-order valence-corrected chi connectivity index (χ3v) is 8.98. The molecule has 5 heterocycles. The third kappa shape index (κ3) is 4.88. The maximum Gasteiger partial charge on any atom is 0.249 e. The molecule has 1 saturated carbocycles. The van der Waals surface area contributed by atoms with E-state index in [1.54, 1.807) is 11.8 Å². The summed E-state index contributed by atoms with van der Waals surface area (Å²) in [5.41, 5.74) is 3.22. The zero-order chi connectivity index (χ0) is 28.1. The Morgan fingerprint density at radius 3 is 2.73 bits per heavy atom. The van der Waals surface area contributed by atoms with Gasteiger partial charge in [0.15, 0.2) is 0 Å². The lowest BCUT2D eigenvalue weighted by Crippen LogP contribution is -2.50. The summed E-state index contributed by atoms with van der Waals surface area (Å²) in [7, 11) is 1.68. The van der Waals surface area contributed by atoms with E-state index in [-0.39, 0.29) is 29.4 Å². The van der Waals surface area contributed by atoms with Gasteiger partial charge >= 0.3 is 0 Å². The van der Waals surface area contributed by atoms with Crippen molar-refractivity contribution in [1.82, 2.24) is 29.3 Å². The molecule has 2 N–H and O–H groups in total. The Labute approximate surface area is 234 Å². The topological polar surface area (TPSA) is 119 Å². The molecule has 11 heteroatoms. The summed E-state index contributed by atoms with van der Waals surface area (Å²) in [6.07, 6.45) is 9.79. The molecule has 1 spiro atoms. The van der Waals surface area contributed by atoms with Crippen molar-refractivity contribution in [3.05, 3.63) is 30.4 Å². The Morgan fingerprint density at radius 1 is 1.27 bits per heavy atom. The van der Waals surface area contributed by atoms with Crippen molar-refractivity contribution in [2.24, 2.45) is 5.41 Å². The molecular weight excluding hydrogens is 510 g/mol. The standard InChI is InChI=1S/C29H41N7O4/c1-19(15-39-4)32-27-30-13-25-23(11-24(36(25)33-27)20-5-7-22(37)8-6-20)21-12-31-35(14-21)28(2,3)26(38)34-10-9-29(16-34)17-40-18-29/h11-14,19-20,22,37H,5-10,15-18H2,1-4H3,(H,32,33)/t19-,20?,22?/m0/s1. The van der Waals surface area contributed by atoms with E-state index in [0.29, 0.717) is 12.6 Å². The second-order valence-corrected chi connectivity index (χ2v) is 12.6. The lowest BCUT2D eigenvalue weighted by Gasteiger charge is -2.38. The number of anilines is 1. The minimum absolute atomic E-state index is 0.0612. The zero-order valence-corrected chi connectivity index (χ0v) is 24.0. The van der Waals surface area contributed by atoms with Gasteiger partial charge in [0.05, 0.1) is 43.8 Å². The van der Waals surface area contributed by atoms with Crippen LogP contribution < -0.4 is 5.32 Å². The molecule has 0 bridgehead atoms. The molecule has 1 aliphatic carbocycles. The molecule has 40 heavy (non-hydrogen) atoms. The van der Waals surface area contributed by atoms with Gasteiger partial charge in [-0.2, -0.15) is 5.10 Å². The number of aliphatic hydroxyl groups is 1. The van der Waals surface area contributed by atoms with Crippen LogP contribution in [0, 0.1) is 5.41 Å². The van der Waals surface area contributed by atoms with E-state index in [9.17, 15) is 9.90 Å². The Bertz CT molecular complexity index is 1370. The minimum Gasteiger partial charge on any atom is -0.393 e.